The van der Waals surface area contributed by atoms with Gasteiger partial charge in [0.15, 0.2) is 0 Å². The third kappa shape index (κ3) is 4.37. The molecule has 3 unspecified atom stereocenters. The zero-order valence-corrected chi connectivity index (χ0v) is 9.99. The van der Waals surface area contributed by atoms with E-state index in [0.717, 1.165) is 17.2 Å². The summed E-state index contributed by atoms with van der Waals surface area (Å²) in [6, 6.07) is 0.804. The average molecular weight is 201 g/mol. The molecule has 0 saturated heterocycles. The van der Waals surface area contributed by atoms with E-state index < -0.39 is 0 Å². The van der Waals surface area contributed by atoms with Crippen LogP contribution < -0.4 is 5.32 Å². The van der Waals surface area contributed by atoms with Gasteiger partial charge in [-0.05, 0) is 25.0 Å². The zero-order chi connectivity index (χ0) is 9.68. The fourth-order valence-corrected chi connectivity index (χ4v) is 2.30. The van der Waals surface area contributed by atoms with Crippen LogP contribution in [-0.2, 0) is 0 Å². The molecule has 3 atom stereocenters. The van der Waals surface area contributed by atoms with Gasteiger partial charge < -0.3 is 5.32 Å². The molecule has 0 aliphatic heterocycles. The lowest BCUT2D eigenvalue weighted by Gasteiger charge is -2.28. The van der Waals surface area contributed by atoms with Gasteiger partial charge in [0, 0.05) is 17.8 Å². The Hall–Kier alpha value is 0.310. The molecule has 0 bridgehead atoms. The van der Waals surface area contributed by atoms with E-state index in [2.05, 4.69) is 25.4 Å². The van der Waals surface area contributed by atoms with Gasteiger partial charge in [-0.15, -0.1) is 0 Å². The first kappa shape index (κ1) is 11.4. The van der Waals surface area contributed by atoms with E-state index in [9.17, 15) is 0 Å². The number of hydrogen-bond acceptors (Lipinski definition) is 2. The minimum atomic E-state index is 0.761. The number of hydrogen-bond donors (Lipinski definition) is 1. The summed E-state index contributed by atoms with van der Waals surface area (Å²) in [5.41, 5.74) is 0. The minimum absolute atomic E-state index is 0.761. The number of thioether (sulfide) groups is 1. The molecular formula is C11H23NS. The lowest BCUT2D eigenvalue weighted by Crippen LogP contribution is -2.36. The molecule has 0 radical (unpaired) electrons. The van der Waals surface area contributed by atoms with E-state index in [0.29, 0.717) is 0 Å². The van der Waals surface area contributed by atoms with Crippen LogP contribution in [0.2, 0.25) is 0 Å². The van der Waals surface area contributed by atoms with Gasteiger partial charge in [0.2, 0.25) is 0 Å². The highest BCUT2D eigenvalue weighted by Gasteiger charge is 2.18. The maximum atomic E-state index is 3.68. The molecule has 1 fully saturated rings. The second-order valence-corrected chi connectivity index (χ2v) is 5.70. The van der Waals surface area contributed by atoms with Gasteiger partial charge in [0.25, 0.3) is 0 Å². The molecule has 0 aromatic carbocycles. The molecule has 0 spiro atoms. The number of rotatable bonds is 4. The van der Waals surface area contributed by atoms with Crippen molar-refractivity contribution in [2.75, 3.05) is 12.8 Å². The molecule has 0 aromatic rings. The van der Waals surface area contributed by atoms with Crippen molar-refractivity contribution in [3.05, 3.63) is 0 Å². The summed E-state index contributed by atoms with van der Waals surface area (Å²) in [6.07, 6.45) is 7.84. The maximum absolute atomic E-state index is 3.68. The van der Waals surface area contributed by atoms with E-state index in [4.69, 9.17) is 0 Å². The molecular weight excluding hydrogens is 178 g/mol. The molecule has 1 rings (SSSR count). The molecule has 1 aliphatic carbocycles. The Morgan fingerprint density at radius 2 is 2.23 bits per heavy atom. The molecule has 13 heavy (non-hydrogen) atoms. The van der Waals surface area contributed by atoms with E-state index in [1.54, 1.807) is 0 Å². The van der Waals surface area contributed by atoms with Crippen LogP contribution in [0.5, 0.6) is 0 Å². The standard InChI is InChI=1S/C11H23NS/c1-9-5-4-6-11(7-9)12-8-10(2)13-3/h9-12H,4-8H2,1-3H3. The Labute approximate surface area is 87.1 Å². The van der Waals surface area contributed by atoms with Crippen molar-refractivity contribution in [2.24, 2.45) is 5.92 Å². The van der Waals surface area contributed by atoms with Gasteiger partial charge in [-0.2, -0.15) is 11.8 Å². The Morgan fingerprint density at radius 1 is 1.46 bits per heavy atom. The average Bonchev–Trinajstić information content (AvgIpc) is 2.14. The quantitative estimate of drug-likeness (QED) is 0.750. The van der Waals surface area contributed by atoms with Crippen molar-refractivity contribution in [3.8, 4) is 0 Å². The summed E-state index contributed by atoms with van der Waals surface area (Å²) < 4.78 is 0. The van der Waals surface area contributed by atoms with E-state index >= 15 is 0 Å². The van der Waals surface area contributed by atoms with Crippen molar-refractivity contribution >= 4 is 11.8 Å². The minimum Gasteiger partial charge on any atom is -0.313 e. The predicted octanol–water partition coefficient (Wildman–Crippen LogP) is 2.91. The van der Waals surface area contributed by atoms with Gasteiger partial charge in [0.05, 0.1) is 0 Å². The summed E-state index contributed by atoms with van der Waals surface area (Å²) in [7, 11) is 0. The fourth-order valence-electron chi connectivity index (χ4n) is 2.04. The Balaban J connectivity index is 2.13. The normalized spacial score (nSPS) is 31.6. The first-order chi connectivity index (χ1) is 6.22. The Morgan fingerprint density at radius 3 is 2.85 bits per heavy atom. The van der Waals surface area contributed by atoms with Gasteiger partial charge in [-0.3, -0.25) is 0 Å². The smallest absolute Gasteiger partial charge is 0.0141 e. The van der Waals surface area contributed by atoms with Crippen molar-refractivity contribution in [2.45, 2.75) is 50.8 Å². The molecule has 2 heteroatoms. The molecule has 1 aliphatic rings. The molecule has 0 heterocycles. The first-order valence-corrected chi connectivity index (χ1v) is 6.77. The lowest BCUT2D eigenvalue weighted by atomic mass is 9.87. The van der Waals surface area contributed by atoms with Crippen LogP contribution in [0.1, 0.15) is 39.5 Å². The first-order valence-electron chi connectivity index (χ1n) is 5.48. The molecule has 78 valence electrons. The van der Waals surface area contributed by atoms with Crippen LogP contribution in [0.3, 0.4) is 0 Å². The molecule has 0 aromatic heterocycles. The monoisotopic (exact) mass is 201 g/mol. The topological polar surface area (TPSA) is 12.0 Å². The predicted molar refractivity (Wildman–Crippen MR) is 62.4 cm³/mol. The summed E-state index contributed by atoms with van der Waals surface area (Å²) in [5, 5.41) is 4.44. The van der Waals surface area contributed by atoms with Crippen LogP contribution >= 0.6 is 11.8 Å². The summed E-state index contributed by atoms with van der Waals surface area (Å²) in [5.74, 6) is 0.941. The van der Waals surface area contributed by atoms with Crippen molar-refractivity contribution in [1.29, 1.82) is 0 Å². The molecule has 1 nitrogen and oxygen atoms in total. The molecule has 1 saturated carbocycles. The van der Waals surface area contributed by atoms with Crippen LogP contribution in [0.4, 0.5) is 0 Å². The lowest BCUT2D eigenvalue weighted by molar-refractivity contribution is 0.303. The zero-order valence-electron chi connectivity index (χ0n) is 9.18. The second kappa shape index (κ2) is 5.92. The highest BCUT2D eigenvalue weighted by molar-refractivity contribution is 7.99. The third-order valence-corrected chi connectivity index (χ3v) is 4.00. The molecule has 0 amide bonds. The van der Waals surface area contributed by atoms with Gasteiger partial charge in [-0.25, -0.2) is 0 Å². The fraction of sp³-hybridized carbons (Fsp3) is 1.00. The van der Waals surface area contributed by atoms with Crippen LogP contribution in [0.15, 0.2) is 0 Å². The van der Waals surface area contributed by atoms with Crippen molar-refractivity contribution in [3.63, 3.8) is 0 Å². The Kier molecular flexibility index (Phi) is 5.18. The van der Waals surface area contributed by atoms with Crippen molar-refractivity contribution < 1.29 is 0 Å². The van der Waals surface area contributed by atoms with E-state index in [1.807, 2.05) is 11.8 Å². The van der Waals surface area contributed by atoms with Crippen molar-refractivity contribution in [1.82, 2.24) is 5.32 Å². The Bertz CT molecular complexity index is 138. The van der Waals surface area contributed by atoms with Crippen LogP contribution in [0, 0.1) is 5.92 Å². The third-order valence-electron chi connectivity index (χ3n) is 3.03. The summed E-state index contributed by atoms with van der Waals surface area (Å²) >= 11 is 1.95. The largest absolute Gasteiger partial charge is 0.313 e. The highest BCUT2D eigenvalue weighted by atomic mass is 32.2. The maximum Gasteiger partial charge on any atom is 0.0141 e. The van der Waals surface area contributed by atoms with Crippen LogP contribution in [-0.4, -0.2) is 24.1 Å². The molecule has 1 N–H and O–H groups in total. The summed E-state index contributed by atoms with van der Waals surface area (Å²) in [4.78, 5) is 0. The van der Waals surface area contributed by atoms with Gasteiger partial charge in [0.1, 0.15) is 0 Å². The van der Waals surface area contributed by atoms with E-state index in [1.165, 1.54) is 32.2 Å². The summed E-state index contributed by atoms with van der Waals surface area (Å²) in [6.45, 7) is 5.86. The van der Waals surface area contributed by atoms with Gasteiger partial charge >= 0.3 is 0 Å². The van der Waals surface area contributed by atoms with E-state index in [-0.39, 0.29) is 0 Å². The second-order valence-electron chi connectivity index (χ2n) is 4.42. The SMILES string of the molecule is CSC(C)CNC1CCCC(C)C1. The highest BCUT2D eigenvalue weighted by Crippen LogP contribution is 2.23. The van der Waals surface area contributed by atoms with Crippen LogP contribution in [0.25, 0.3) is 0 Å². The van der Waals surface area contributed by atoms with Gasteiger partial charge in [-0.1, -0.05) is 26.7 Å². The number of nitrogens with one attached hydrogen (secondary N) is 1.